The molecule has 0 aliphatic rings. The lowest BCUT2D eigenvalue weighted by atomic mass is 10.4. The number of thiazole rings is 1. The molecule has 12 heavy (non-hydrogen) atoms. The fourth-order valence-corrected chi connectivity index (χ4v) is 1.39. The summed E-state index contributed by atoms with van der Waals surface area (Å²) in [5.74, 6) is 5.65. The number of hydrogen-bond acceptors (Lipinski definition) is 4. The Morgan fingerprint density at radius 3 is 3.00 bits per heavy atom. The molecule has 0 unspecified atom stereocenters. The van der Waals surface area contributed by atoms with Crippen LogP contribution < -0.4 is 10.9 Å². The van der Waals surface area contributed by atoms with Gasteiger partial charge in [0.15, 0.2) is 10.3 Å². The van der Waals surface area contributed by atoms with Gasteiger partial charge in [0.1, 0.15) is 0 Å². The summed E-state index contributed by atoms with van der Waals surface area (Å²) in [5.41, 5.74) is 0. The van der Waals surface area contributed by atoms with Crippen molar-refractivity contribution < 1.29 is 4.79 Å². The number of halogens is 1. The monoisotopic (exact) mass is 205 g/mol. The van der Waals surface area contributed by atoms with Crippen LogP contribution in [0, 0.1) is 0 Å². The largest absolute Gasteiger partial charge is 0.273 e. The first-order valence-electron chi connectivity index (χ1n) is 3.33. The van der Waals surface area contributed by atoms with Crippen molar-refractivity contribution in [3.63, 3.8) is 0 Å². The highest BCUT2D eigenvalue weighted by molar-refractivity contribution is 7.14. The van der Waals surface area contributed by atoms with Crippen molar-refractivity contribution in [3.8, 4) is 0 Å². The third kappa shape index (κ3) is 1.94. The maximum atomic E-state index is 11.0. The predicted molar refractivity (Wildman–Crippen MR) is 49.1 cm³/mol. The Bertz CT molecular complexity index is 288. The second kappa shape index (κ2) is 3.84. The van der Waals surface area contributed by atoms with Crippen LogP contribution >= 0.6 is 22.9 Å². The molecule has 0 saturated heterocycles. The Labute approximate surface area is 78.9 Å². The molecular formula is C6H8ClN3OS. The van der Waals surface area contributed by atoms with E-state index < -0.39 is 0 Å². The SMILES string of the molecule is CCC(=O)N(N)c1csc(Cl)n1. The van der Waals surface area contributed by atoms with Gasteiger partial charge in [-0.3, -0.25) is 4.79 Å². The maximum Gasteiger partial charge on any atom is 0.242 e. The van der Waals surface area contributed by atoms with Gasteiger partial charge in [0.05, 0.1) is 0 Å². The number of nitrogens with zero attached hydrogens (tertiary/aromatic N) is 2. The van der Waals surface area contributed by atoms with E-state index in [0.717, 1.165) is 5.01 Å². The number of amides is 1. The van der Waals surface area contributed by atoms with Crippen LogP contribution in [0.25, 0.3) is 0 Å². The molecule has 1 rings (SSSR count). The van der Waals surface area contributed by atoms with Gasteiger partial charge in [-0.15, -0.1) is 11.3 Å². The van der Waals surface area contributed by atoms with Crippen LogP contribution in [0.2, 0.25) is 4.47 Å². The summed E-state index contributed by atoms with van der Waals surface area (Å²) >= 11 is 6.81. The predicted octanol–water partition coefficient (Wildman–Crippen LogP) is 1.41. The van der Waals surface area contributed by atoms with Crippen molar-refractivity contribution in [3.05, 3.63) is 9.85 Å². The van der Waals surface area contributed by atoms with Gasteiger partial charge < -0.3 is 0 Å². The van der Waals surface area contributed by atoms with Gasteiger partial charge >= 0.3 is 0 Å². The molecule has 0 radical (unpaired) electrons. The third-order valence-corrected chi connectivity index (χ3v) is 2.25. The van der Waals surface area contributed by atoms with Gasteiger partial charge in [0.2, 0.25) is 5.91 Å². The zero-order valence-corrected chi connectivity index (χ0v) is 8.02. The van der Waals surface area contributed by atoms with E-state index in [4.69, 9.17) is 17.4 Å². The molecule has 66 valence electrons. The quantitative estimate of drug-likeness (QED) is 0.451. The molecule has 0 atom stereocenters. The molecule has 0 aliphatic carbocycles. The van der Waals surface area contributed by atoms with Gasteiger partial charge in [-0.05, 0) is 0 Å². The first kappa shape index (κ1) is 9.44. The van der Waals surface area contributed by atoms with E-state index in [1.54, 1.807) is 12.3 Å². The van der Waals surface area contributed by atoms with Crippen molar-refractivity contribution in [1.29, 1.82) is 0 Å². The molecule has 4 nitrogen and oxygen atoms in total. The Morgan fingerprint density at radius 1 is 1.92 bits per heavy atom. The fraction of sp³-hybridized carbons (Fsp3) is 0.333. The molecule has 2 N–H and O–H groups in total. The number of nitrogens with two attached hydrogens (primary N) is 1. The van der Waals surface area contributed by atoms with Gasteiger partial charge in [-0.1, -0.05) is 18.5 Å². The van der Waals surface area contributed by atoms with Crippen molar-refractivity contribution in [1.82, 2.24) is 4.98 Å². The second-order valence-corrected chi connectivity index (χ2v) is 3.52. The Kier molecular flexibility index (Phi) is 3.02. The highest BCUT2D eigenvalue weighted by Gasteiger charge is 2.11. The van der Waals surface area contributed by atoms with Crippen LogP contribution in [0.3, 0.4) is 0 Å². The van der Waals surface area contributed by atoms with E-state index in [9.17, 15) is 4.79 Å². The standard InChI is InChI=1S/C6H8ClN3OS/c1-2-5(11)10(8)4-3-12-6(7)9-4/h3H,2,8H2,1H3. The smallest absolute Gasteiger partial charge is 0.242 e. The lowest BCUT2D eigenvalue weighted by Gasteiger charge is -2.11. The maximum absolute atomic E-state index is 11.0. The number of anilines is 1. The highest BCUT2D eigenvalue weighted by Crippen LogP contribution is 2.20. The van der Waals surface area contributed by atoms with Crippen LogP contribution in [0.15, 0.2) is 5.38 Å². The molecular weight excluding hydrogens is 198 g/mol. The minimum atomic E-state index is -0.183. The van der Waals surface area contributed by atoms with Crippen LogP contribution in [0.1, 0.15) is 13.3 Å². The molecule has 0 aromatic carbocycles. The molecule has 0 aliphatic heterocycles. The first-order chi connectivity index (χ1) is 5.65. The Balaban J connectivity index is 2.77. The summed E-state index contributed by atoms with van der Waals surface area (Å²) in [5, 5.41) is 2.64. The molecule has 1 amide bonds. The normalized spacial score (nSPS) is 9.92. The summed E-state index contributed by atoms with van der Waals surface area (Å²) in [6.45, 7) is 1.73. The molecule has 0 bridgehead atoms. The van der Waals surface area contributed by atoms with Crippen molar-refractivity contribution >= 4 is 34.7 Å². The summed E-state index contributed by atoms with van der Waals surface area (Å²) < 4.78 is 0.379. The average Bonchev–Trinajstić information content (AvgIpc) is 2.49. The van der Waals surface area contributed by atoms with Gasteiger partial charge in [0.25, 0.3) is 0 Å². The van der Waals surface area contributed by atoms with Gasteiger partial charge in [0, 0.05) is 11.8 Å². The first-order valence-corrected chi connectivity index (χ1v) is 4.59. The van der Waals surface area contributed by atoms with E-state index in [1.165, 1.54) is 11.3 Å². The lowest BCUT2D eigenvalue weighted by molar-refractivity contribution is -0.118. The second-order valence-electron chi connectivity index (χ2n) is 2.08. The molecule has 1 aromatic heterocycles. The zero-order valence-electron chi connectivity index (χ0n) is 6.45. The summed E-state index contributed by atoms with van der Waals surface area (Å²) in [7, 11) is 0. The van der Waals surface area contributed by atoms with Crippen LogP contribution in [-0.2, 0) is 4.79 Å². The minimum Gasteiger partial charge on any atom is -0.273 e. The average molecular weight is 206 g/mol. The third-order valence-electron chi connectivity index (χ3n) is 1.28. The number of hydrazine groups is 1. The Morgan fingerprint density at radius 2 is 2.58 bits per heavy atom. The van der Waals surface area contributed by atoms with Crippen LogP contribution in [0.4, 0.5) is 5.82 Å². The topological polar surface area (TPSA) is 59.2 Å². The van der Waals surface area contributed by atoms with Crippen molar-refractivity contribution in [2.45, 2.75) is 13.3 Å². The van der Waals surface area contributed by atoms with E-state index in [1.807, 2.05) is 0 Å². The van der Waals surface area contributed by atoms with Crippen LogP contribution in [-0.4, -0.2) is 10.9 Å². The number of aromatic nitrogens is 1. The van der Waals surface area contributed by atoms with Crippen molar-refractivity contribution in [2.24, 2.45) is 5.84 Å². The summed E-state index contributed by atoms with van der Waals surface area (Å²) in [4.78, 5) is 14.9. The zero-order chi connectivity index (χ0) is 9.14. The number of carbonyl (C=O) groups excluding carboxylic acids is 1. The van der Waals surface area contributed by atoms with E-state index in [0.29, 0.717) is 16.7 Å². The molecule has 6 heteroatoms. The van der Waals surface area contributed by atoms with Crippen LogP contribution in [0.5, 0.6) is 0 Å². The highest BCUT2D eigenvalue weighted by atomic mass is 35.5. The summed E-state index contributed by atoms with van der Waals surface area (Å²) in [6, 6.07) is 0. The molecule has 1 aromatic rings. The molecule has 1 heterocycles. The molecule has 0 spiro atoms. The number of carbonyl (C=O) groups is 1. The molecule has 0 saturated carbocycles. The van der Waals surface area contributed by atoms with E-state index in [2.05, 4.69) is 4.98 Å². The van der Waals surface area contributed by atoms with E-state index in [-0.39, 0.29) is 5.91 Å². The molecule has 0 fully saturated rings. The number of hydrogen-bond donors (Lipinski definition) is 1. The van der Waals surface area contributed by atoms with Gasteiger partial charge in [-0.25, -0.2) is 15.8 Å². The Hall–Kier alpha value is -0.650. The fourth-order valence-electron chi connectivity index (χ4n) is 0.653. The lowest BCUT2D eigenvalue weighted by Crippen LogP contribution is -2.37. The minimum absolute atomic E-state index is 0.183. The van der Waals surface area contributed by atoms with Crippen molar-refractivity contribution in [2.75, 3.05) is 5.01 Å². The number of rotatable bonds is 2. The van der Waals surface area contributed by atoms with E-state index >= 15 is 0 Å². The summed E-state index contributed by atoms with van der Waals surface area (Å²) in [6.07, 6.45) is 0.353. The van der Waals surface area contributed by atoms with Gasteiger partial charge in [-0.2, -0.15) is 0 Å².